The van der Waals surface area contributed by atoms with Crippen molar-refractivity contribution in [2.45, 2.75) is 18.4 Å². The van der Waals surface area contributed by atoms with Gasteiger partial charge in [0.25, 0.3) is 10.0 Å². The summed E-state index contributed by atoms with van der Waals surface area (Å²) in [6.07, 6.45) is 0. The smallest absolute Gasteiger partial charge is 0.263 e. The van der Waals surface area contributed by atoms with E-state index in [1.54, 1.807) is 31.2 Å². The average Bonchev–Trinajstić information content (AvgIpc) is 2.77. The highest BCUT2D eigenvalue weighted by Gasteiger charge is 2.21. The molecule has 0 aliphatic carbocycles. The first-order chi connectivity index (χ1) is 9.35. The third kappa shape index (κ3) is 3.17. The van der Waals surface area contributed by atoms with Crippen LogP contribution in [0.4, 0.5) is 5.69 Å². The van der Waals surface area contributed by atoms with E-state index in [0.29, 0.717) is 26.6 Å². The predicted octanol–water partition coefficient (Wildman–Crippen LogP) is 3.73. The Hall–Kier alpha value is -0.600. The minimum absolute atomic E-state index is 0.183. The highest BCUT2D eigenvalue weighted by atomic mass is 79.9. The van der Waals surface area contributed by atoms with Crippen LogP contribution in [0.25, 0.3) is 0 Å². The Morgan fingerprint density at radius 2 is 2.15 bits per heavy atom. The summed E-state index contributed by atoms with van der Waals surface area (Å²) in [5.74, 6) is 0. The molecule has 0 aliphatic rings. The van der Waals surface area contributed by atoms with Crippen molar-refractivity contribution in [3.05, 3.63) is 43.5 Å². The van der Waals surface area contributed by atoms with Gasteiger partial charge in [-0.3, -0.25) is 4.72 Å². The number of halogens is 2. The van der Waals surface area contributed by atoms with Gasteiger partial charge in [0.1, 0.15) is 4.90 Å². The minimum atomic E-state index is -3.67. The van der Waals surface area contributed by atoms with Gasteiger partial charge in [-0.2, -0.15) is 0 Å². The summed E-state index contributed by atoms with van der Waals surface area (Å²) in [5.41, 5.74) is 6.68. The van der Waals surface area contributed by atoms with Crippen molar-refractivity contribution in [2.75, 3.05) is 4.72 Å². The number of benzene rings is 1. The fourth-order valence-electron chi connectivity index (χ4n) is 1.60. The molecule has 2 aromatic rings. The quantitative estimate of drug-likeness (QED) is 0.828. The van der Waals surface area contributed by atoms with Gasteiger partial charge in [-0.25, -0.2) is 8.42 Å². The highest BCUT2D eigenvalue weighted by Crippen LogP contribution is 2.33. The Kier molecular flexibility index (Phi) is 4.76. The van der Waals surface area contributed by atoms with Crippen LogP contribution in [0.1, 0.15) is 10.4 Å². The molecule has 0 atom stereocenters. The van der Waals surface area contributed by atoms with Gasteiger partial charge in [-0.1, -0.05) is 17.7 Å². The first kappa shape index (κ1) is 15.8. The Morgan fingerprint density at radius 1 is 1.45 bits per heavy atom. The van der Waals surface area contributed by atoms with Crippen LogP contribution in [0.5, 0.6) is 0 Å². The fraction of sp³-hybridized carbons (Fsp3) is 0.167. The minimum Gasteiger partial charge on any atom is -0.326 e. The molecule has 0 spiro atoms. The summed E-state index contributed by atoms with van der Waals surface area (Å²) in [7, 11) is -3.67. The van der Waals surface area contributed by atoms with E-state index in [1.165, 1.54) is 11.3 Å². The Labute approximate surface area is 135 Å². The van der Waals surface area contributed by atoms with Gasteiger partial charge < -0.3 is 5.73 Å². The van der Waals surface area contributed by atoms with Gasteiger partial charge in [0.05, 0.1) is 9.47 Å². The maximum Gasteiger partial charge on any atom is 0.263 e. The summed E-state index contributed by atoms with van der Waals surface area (Å²) in [4.78, 5) is 0.974. The zero-order valence-electron chi connectivity index (χ0n) is 10.5. The molecule has 2 rings (SSSR count). The number of nitrogens with two attached hydrogens (primary N) is 1. The molecule has 1 heterocycles. The van der Waals surface area contributed by atoms with Gasteiger partial charge in [0, 0.05) is 16.4 Å². The molecule has 0 unspecified atom stereocenters. The van der Waals surface area contributed by atoms with E-state index < -0.39 is 10.0 Å². The third-order valence-corrected chi connectivity index (χ3v) is 6.76. The number of hydrogen-bond acceptors (Lipinski definition) is 4. The molecule has 108 valence electrons. The number of nitrogens with one attached hydrogen (secondary N) is 1. The number of thiophene rings is 1. The van der Waals surface area contributed by atoms with E-state index in [0.717, 1.165) is 4.88 Å². The van der Waals surface area contributed by atoms with Gasteiger partial charge in [-0.05, 0) is 46.6 Å². The first-order valence-corrected chi connectivity index (χ1v) is 9.08. The summed E-state index contributed by atoms with van der Waals surface area (Å²) >= 11 is 10.6. The average molecular weight is 396 g/mol. The first-order valence-electron chi connectivity index (χ1n) is 5.61. The van der Waals surface area contributed by atoms with Crippen LogP contribution in [0.3, 0.4) is 0 Å². The second-order valence-electron chi connectivity index (χ2n) is 4.07. The molecule has 1 aromatic carbocycles. The lowest BCUT2D eigenvalue weighted by atomic mass is 10.2. The zero-order valence-corrected chi connectivity index (χ0v) is 14.5. The largest absolute Gasteiger partial charge is 0.326 e. The van der Waals surface area contributed by atoms with Gasteiger partial charge in [0.15, 0.2) is 0 Å². The Bertz CT molecular complexity index is 744. The van der Waals surface area contributed by atoms with Crippen LogP contribution in [0, 0.1) is 6.92 Å². The van der Waals surface area contributed by atoms with E-state index >= 15 is 0 Å². The van der Waals surface area contributed by atoms with Crippen molar-refractivity contribution in [2.24, 2.45) is 5.73 Å². The summed E-state index contributed by atoms with van der Waals surface area (Å²) in [6, 6.07) is 6.64. The van der Waals surface area contributed by atoms with Crippen LogP contribution >= 0.6 is 38.9 Å². The number of hydrogen-bond donors (Lipinski definition) is 2. The van der Waals surface area contributed by atoms with Crippen molar-refractivity contribution in [1.82, 2.24) is 0 Å². The third-order valence-electron chi connectivity index (χ3n) is 2.71. The topological polar surface area (TPSA) is 72.2 Å². The molecule has 0 saturated carbocycles. The van der Waals surface area contributed by atoms with Crippen molar-refractivity contribution < 1.29 is 8.42 Å². The maximum absolute atomic E-state index is 12.4. The molecular weight excluding hydrogens is 384 g/mol. The van der Waals surface area contributed by atoms with E-state index in [4.69, 9.17) is 17.3 Å². The second kappa shape index (κ2) is 6.03. The van der Waals surface area contributed by atoms with E-state index in [9.17, 15) is 8.42 Å². The lowest BCUT2D eigenvalue weighted by Crippen LogP contribution is -2.13. The fourth-order valence-corrected chi connectivity index (χ4v) is 5.46. The van der Waals surface area contributed by atoms with Crippen molar-refractivity contribution in [3.8, 4) is 0 Å². The molecule has 4 nitrogen and oxygen atoms in total. The molecule has 0 aliphatic heterocycles. The molecule has 0 fully saturated rings. The van der Waals surface area contributed by atoms with Crippen LogP contribution in [-0.2, 0) is 16.6 Å². The van der Waals surface area contributed by atoms with Crippen LogP contribution < -0.4 is 10.5 Å². The van der Waals surface area contributed by atoms with Crippen molar-refractivity contribution in [3.63, 3.8) is 0 Å². The van der Waals surface area contributed by atoms with Gasteiger partial charge in [0.2, 0.25) is 0 Å². The molecule has 0 bridgehead atoms. The Balaban J connectivity index is 2.40. The monoisotopic (exact) mass is 394 g/mol. The van der Waals surface area contributed by atoms with Crippen molar-refractivity contribution in [1.29, 1.82) is 0 Å². The van der Waals surface area contributed by atoms with Crippen molar-refractivity contribution >= 4 is 54.6 Å². The van der Waals surface area contributed by atoms with E-state index in [1.807, 2.05) is 0 Å². The van der Waals surface area contributed by atoms with E-state index in [-0.39, 0.29) is 4.90 Å². The van der Waals surface area contributed by atoms with Crippen LogP contribution in [0.15, 0.2) is 32.9 Å². The lowest BCUT2D eigenvalue weighted by Gasteiger charge is -2.10. The number of anilines is 1. The normalized spacial score (nSPS) is 11.6. The molecule has 3 N–H and O–H groups in total. The maximum atomic E-state index is 12.4. The summed E-state index contributed by atoms with van der Waals surface area (Å²) in [5, 5.41) is 0.511. The van der Waals surface area contributed by atoms with Gasteiger partial charge >= 0.3 is 0 Å². The molecule has 0 radical (unpaired) electrons. The van der Waals surface area contributed by atoms with E-state index in [2.05, 4.69) is 20.7 Å². The number of rotatable bonds is 4. The number of sulfonamides is 1. The molecule has 20 heavy (non-hydrogen) atoms. The van der Waals surface area contributed by atoms with Crippen LogP contribution in [-0.4, -0.2) is 8.42 Å². The zero-order chi connectivity index (χ0) is 14.9. The lowest BCUT2D eigenvalue weighted by molar-refractivity contribution is 0.601. The molecule has 1 aromatic heterocycles. The summed E-state index contributed by atoms with van der Waals surface area (Å²) < 4.78 is 27.9. The molecule has 8 heteroatoms. The SMILES string of the molecule is Cc1c(Cl)cccc1NS(=O)(=O)c1cc(CN)sc1Br. The second-order valence-corrected chi connectivity index (χ2v) is 8.59. The molecular formula is C12H12BrClN2O2S2. The molecule has 0 amide bonds. The standard InChI is InChI=1S/C12H12BrClN2O2S2/c1-7-9(14)3-2-4-10(7)16-20(17,18)11-5-8(6-15)19-12(11)13/h2-5,16H,6,15H2,1H3. The van der Waals surface area contributed by atoms with Crippen LogP contribution in [0.2, 0.25) is 5.02 Å². The predicted molar refractivity (Wildman–Crippen MR) is 86.9 cm³/mol. The molecule has 0 saturated heterocycles. The highest BCUT2D eigenvalue weighted by molar-refractivity contribution is 9.11. The van der Waals surface area contributed by atoms with Gasteiger partial charge in [-0.15, -0.1) is 11.3 Å². The summed E-state index contributed by atoms with van der Waals surface area (Å²) in [6.45, 7) is 2.06. The Morgan fingerprint density at radius 3 is 2.75 bits per heavy atom.